The van der Waals surface area contributed by atoms with Crippen molar-refractivity contribution in [1.82, 2.24) is 0 Å². The maximum atomic E-state index is 9.78. The first-order valence-corrected chi connectivity index (χ1v) is 11.0. The van der Waals surface area contributed by atoms with Crippen molar-refractivity contribution in [3.05, 3.63) is 96.1 Å². The largest absolute Gasteiger partial charge is 0.397 e. The summed E-state index contributed by atoms with van der Waals surface area (Å²) < 4.78 is 0. The van der Waals surface area contributed by atoms with E-state index in [-0.39, 0.29) is 5.69 Å². The van der Waals surface area contributed by atoms with Gasteiger partial charge in [-0.3, -0.25) is 0 Å². The fraction of sp³-hybridized carbons (Fsp3) is 0.0370. The summed E-state index contributed by atoms with van der Waals surface area (Å²) in [5.41, 5.74) is 12.6. The van der Waals surface area contributed by atoms with E-state index in [9.17, 15) is 10.5 Å². The first-order valence-electron chi connectivity index (χ1n) is 9.73. The average molecular weight is 418 g/mol. The number of hydrogen-bond acceptors (Lipinski definition) is 4. The molecule has 0 radical (unpaired) electrons. The zero-order valence-electron chi connectivity index (χ0n) is 17.0. The van der Waals surface area contributed by atoms with Crippen molar-refractivity contribution in [2.24, 2.45) is 0 Å². The molecule has 0 atom stereocenters. The molecule has 0 aromatic heterocycles. The van der Waals surface area contributed by atoms with E-state index in [2.05, 4.69) is 42.7 Å². The van der Waals surface area contributed by atoms with Crippen LogP contribution in [0.5, 0.6) is 0 Å². The summed E-state index contributed by atoms with van der Waals surface area (Å²) in [5.74, 6) is 0. The fourth-order valence-corrected chi connectivity index (χ4v) is 4.05. The van der Waals surface area contributed by atoms with Crippen molar-refractivity contribution in [3.63, 3.8) is 0 Å². The van der Waals surface area contributed by atoms with Gasteiger partial charge in [0.1, 0.15) is 12.1 Å². The Hall–Kier alpha value is -3.99. The molecule has 0 aliphatic heterocycles. The molecule has 0 unspecified atom stereocenters. The van der Waals surface area contributed by atoms with Gasteiger partial charge in [-0.2, -0.15) is 10.5 Å². The van der Waals surface area contributed by atoms with Crippen molar-refractivity contribution in [3.8, 4) is 45.5 Å². The van der Waals surface area contributed by atoms with Crippen LogP contribution in [-0.4, -0.2) is 6.26 Å². The van der Waals surface area contributed by atoms with E-state index in [1.807, 2.05) is 60.7 Å². The number of nitrogens with zero attached hydrogens (tertiary/aromatic N) is 2. The van der Waals surface area contributed by atoms with Crippen LogP contribution in [0.15, 0.2) is 89.8 Å². The van der Waals surface area contributed by atoms with Gasteiger partial charge in [-0.25, -0.2) is 0 Å². The van der Waals surface area contributed by atoms with E-state index in [4.69, 9.17) is 5.73 Å². The molecule has 0 aliphatic carbocycles. The Bertz CT molecular complexity index is 1310. The third kappa shape index (κ3) is 3.90. The molecule has 4 aromatic carbocycles. The normalized spacial score (nSPS) is 10.3. The highest BCUT2D eigenvalue weighted by Gasteiger charge is 2.18. The molecule has 0 fully saturated rings. The first-order chi connectivity index (χ1) is 15.2. The van der Waals surface area contributed by atoms with E-state index in [1.165, 1.54) is 4.90 Å². The molecule has 0 aliphatic rings. The summed E-state index contributed by atoms with van der Waals surface area (Å²) in [4.78, 5) is 1.22. The number of nitriles is 2. The molecule has 31 heavy (non-hydrogen) atoms. The van der Waals surface area contributed by atoms with Crippen molar-refractivity contribution in [1.29, 1.82) is 10.5 Å². The van der Waals surface area contributed by atoms with E-state index in [0.717, 1.165) is 33.4 Å². The highest BCUT2D eigenvalue weighted by molar-refractivity contribution is 7.98. The Kier molecular flexibility index (Phi) is 5.76. The molecule has 0 bridgehead atoms. The van der Waals surface area contributed by atoms with Gasteiger partial charge in [0.05, 0.1) is 16.8 Å². The standard InChI is InChI=1S/C27H19N3S/c1-31-22-13-11-19(12-14-22)18-7-9-21(10-8-18)24-15-23(20-5-3-2-4-6-20)25(16-28)27(30)26(24)17-29/h2-15H,30H2,1H3. The quantitative estimate of drug-likeness (QED) is 0.295. The van der Waals surface area contributed by atoms with E-state index in [1.54, 1.807) is 11.8 Å². The van der Waals surface area contributed by atoms with Crippen molar-refractivity contribution in [2.45, 2.75) is 4.90 Å². The van der Waals surface area contributed by atoms with Crippen LogP contribution in [0.25, 0.3) is 33.4 Å². The predicted octanol–water partition coefficient (Wildman–Crippen LogP) is 6.74. The van der Waals surface area contributed by atoms with E-state index < -0.39 is 0 Å². The second-order valence-electron chi connectivity index (χ2n) is 7.03. The van der Waals surface area contributed by atoms with Crippen molar-refractivity contribution >= 4 is 17.4 Å². The molecule has 0 amide bonds. The molecular formula is C27H19N3S. The van der Waals surface area contributed by atoms with E-state index >= 15 is 0 Å². The smallest absolute Gasteiger partial charge is 0.102 e. The summed E-state index contributed by atoms with van der Waals surface area (Å²) >= 11 is 1.71. The van der Waals surface area contributed by atoms with Gasteiger partial charge < -0.3 is 5.73 Å². The monoisotopic (exact) mass is 417 g/mol. The molecule has 4 heteroatoms. The Labute approximate surface area is 186 Å². The average Bonchev–Trinajstić information content (AvgIpc) is 2.84. The third-order valence-corrected chi connectivity index (χ3v) is 6.04. The molecule has 148 valence electrons. The topological polar surface area (TPSA) is 73.6 Å². The Morgan fingerprint density at radius 3 is 1.58 bits per heavy atom. The van der Waals surface area contributed by atoms with Crippen LogP contribution < -0.4 is 5.73 Å². The Balaban J connectivity index is 1.83. The number of nitrogen functional groups attached to an aromatic ring is 1. The summed E-state index contributed by atoms with van der Waals surface area (Å²) in [5, 5.41) is 19.5. The molecule has 4 rings (SSSR count). The molecule has 0 spiro atoms. The van der Waals surface area contributed by atoms with Crippen molar-refractivity contribution in [2.75, 3.05) is 12.0 Å². The second-order valence-corrected chi connectivity index (χ2v) is 7.91. The van der Waals surface area contributed by atoms with Gasteiger partial charge in [0.25, 0.3) is 0 Å². The molecule has 0 saturated heterocycles. The Morgan fingerprint density at radius 2 is 1.10 bits per heavy atom. The van der Waals surface area contributed by atoms with Crippen LogP contribution in [0, 0.1) is 22.7 Å². The van der Waals surface area contributed by atoms with Gasteiger partial charge in [0.2, 0.25) is 0 Å². The van der Waals surface area contributed by atoms with Crippen LogP contribution in [-0.2, 0) is 0 Å². The highest BCUT2D eigenvalue weighted by Crippen LogP contribution is 2.37. The predicted molar refractivity (Wildman–Crippen MR) is 128 cm³/mol. The maximum absolute atomic E-state index is 9.78. The number of nitrogens with two attached hydrogens (primary N) is 1. The summed E-state index contributed by atoms with van der Waals surface area (Å²) in [6.07, 6.45) is 2.06. The zero-order valence-corrected chi connectivity index (χ0v) is 17.8. The van der Waals surface area contributed by atoms with Gasteiger partial charge in [0, 0.05) is 16.0 Å². The molecule has 2 N–H and O–H groups in total. The van der Waals surface area contributed by atoms with Gasteiger partial charge in [0.15, 0.2) is 0 Å². The van der Waals surface area contributed by atoms with Crippen LogP contribution in [0.2, 0.25) is 0 Å². The van der Waals surface area contributed by atoms with Crippen LogP contribution in [0.4, 0.5) is 5.69 Å². The van der Waals surface area contributed by atoms with Gasteiger partial charge >= 0.3 is 0 Å². The maximum Gasteiger partial charge on any atom is 0.102 e. The molecule has 0 heterocycles. The SMILES string of the molecule is CSc1ccc(-c2ccc(-c3cc(-c4ccccc4)c(C#N)c(N)c3C#N)cc2)cc1. The second kappa shape index (κ2) is 8.79. The highest BCUT2D eigenvalue weighted by atomic mass is 32.2. The Morgan fingerprint density at radius 1 is 0.645 bits per heavy atom. The third-order valence-electron chi connectivity index (χ3n) is 5.29. The number of anilines is 1. The minimum absolute atomic E-state index is 0.220. The minimum atomic E-state index is 0.220. The van der Waals surface area contributed by atoms with Crippen LogP contribution in [0.1, 0.15) is 11.1 Å². The number of thioether (sulfide) groups is 1. The lowest BCUT2D eigenvalue weighted by molar-refractivity contribution is 1.44. The van der Waals surface area contributed by atoms with Crippen LogP contribution >= 0.6 is 11.8 Å². The zero-order chi connectivity index (χ0) is 21.8. The van der Waals surface area contributed by atoms with Gasteiger partial charge in [-0.15, -0.1) is 11.8 Å². The molecule has 3 nitrogen and oxygen atoms in total. The van der Waals surface area contributed by atoms with Crippen LogP contribution in [0.3, 0.4) is 0 Å². The molecular weight excluding hydrogens is 398 g/mol. The summed E-state index contributed by atoms with van der Waals surface area (Å²) in [6.45, 7) is 0. The van der Waals surface area contributed by atoms with Crippen molar-refractivity contribution < 1.29 is 0 Å². The van der Waals surface area contributed by atoms with E-state index in [0.29, 0.717) is 11.1 Å². The molecule has 4 aromatic rings. The number of hydrogen-bond donors (Lipinski definition) is 1. The lowest BCUT2D eigenvalue weighted by Crippen LogP contribution is -2.00. The number of benzene rings is 4. The summed E-state index contributed by atoms with van der Waals surface area (Å²) in [7, 11) is 0. The first kappa shape index (κ1) is 20.3. The minimum Gasteiger partial charge on any atom is -0.397 e. The number of rotatable bonds is 4. The summed E-state index contributed by atoms with van der Waals surface area (Å²) in [6, 6.07) is 32.4. The lowest BCUT2D eigenvalue weighted by atomic mass is 9.89. The molecule has 0 saturated carbocycles. The fourth-order valence-electron chi connectivity index (χ4n) is 3.64. The van der Waals surface area contributed by atoms with Gasteiger partial charge in [-0.1, -0.05) is 66.7 Å². The van der Waals surface area contributed by atoms with Gasteiger partial charge in [-0.05, 0) is 46.7 Å². The lowest BCUT2D eigenvalue weighted by Gasteiger charge is -2.14.